The number of hydrogen-bond acceptors (Lipinski definition) is 5. The van der Waals surface area contributed by atoms with E-state index in [1.807, 2.05) is 0 Å². The number of aliphatic hydroxyl groups excluding tert-OH is 1. The van der Waals surface area contributed by atoms with E-state index in [-0.39, 0.29) is 17.7 Å². The normalized spacial score (nSPS) is 41.0. The molecule has 3 atom stereocenters. The predicted octanol–water partition coefficient (Wildman–Crippen LogP) is 0.819. The zero-order chi connectivity index (χ0) is 15.9. The van der Waals surface area contributed by atoms with Gasteiger partial charge in [0.2, 0.25) is 0 Å². The summed E-state index contributed by atoms with van der Waals surface area (Å²) in [4.78, 5) is 5.13. The molecular formula is C18H33N3O2. The van der Waals surface area contributed by atoms with Gasteiger partial charge in [-0.05, 0) is 65.1 Å². The van der Waals surface area contributed by atoms with Crippen molar-refractivity contribution in [3.05, 3.63) is 0 Å². The molecule has 2 N–H and O–H groups in total. The molecule has 4 rings (SSSR count). The zero-order valence-electron chi connectivity index (χ0n) is 14.6. The van der Waals surface area contributed by atoms with Gasteiger partial charge < -0.3 is 20.1 Å². The smallest absolute Gasteiger partial charge is 0.0804 e. The van der Waals surface area contributed by atoms with Crippen molar-refractivity contribution in [2.45, 2.75) is 68.1 Å². The standard InChI is InChI=1S/C18H33N3O2/c1-20-17(6-3-7-17)13-23-14-18(20,12-22)11-19-15-5-9-21-8-2-4-16(21)10-15/h15-16,19,22H,2-14H2,1H3. The number of nitrogens with zero attached hydrogens (tertiary/aromatic N) is 2. The van der Waals surface area contributed by atoms with Gasteiger partial charge in [0.25, 0.3) is 0 Å². The maximum absolute atomic E-state index is 10.2. The minimum atomic E-state index is -0.245. The van der Waals surface area contributed by atoms with E-state index in [2.05, 4.69) is 22.2 Å². The summed E-state index contributed by atoms with van der Waals surface area (Å²) in [6.07, 6.45) is 8.98. The average molecular weight is 323 g/mol. The van der Waals surface area contributed by atoms with Crippen LogP contribution in [0.2, 0.25) is 0 Å². The van der Waals surface area contributed by atoms with E-state index in [4.69, 9.17) is 4.74 Å². The number of aliphatic hydroxyl groups is 1. The van der Waals surface area contributed by atoms with Gasteiger partial charge in [0.1, 0.15) is 0 Å². The van der Waals surface area contributed by atoms with E-state index in [1.165, 1.54) is 58.0 Å². The molecule has 0 radical (unpaired) electrons. The Morgan fingerprint density at radius 2 is 2.04 bits per heavy atom. The van der Waals surface area contributed by atoms with Crippen molar-refractivity contribution in [3.8, 4) is 0 Å². The SMILES string of the molecule is CN1C2(CCC2)COCC1(CO)CNC1CCN2CCCC2C1. The lowest BCUT2D eigenvalue weighted by Crippen LogP contribution is -2.73. The highest BCUT2D eigenvalue weighted by Crippen LogP contribution is 2.43. The molecule has 0 bridgehead atoms. The largest absolute Gasteiger partial charge is 0.394 e. The van der Waals surface area contributed by atoms with Gasteiger partial charge >= 0.3 is 0 Å². The van der Waals surface area contributed by atoms with Crippen molar-refractivity contribution in [1.29, 1.82) is 0 Å². The summed E-state index contributed by atoms with van der Waals surface area (Å²) in [5.74, 6) is 0. The molecule has 0 aromatic heterocycles. The zero-order valence-corrected chi connectivity index (χ0v) is 14.6. The maximum atomic E-state index is 10.2. The summed E-state index contributed by atoms with van der Waals surface area (Å²) in [6.45, 7) is 5.06. The Hall–Kier alpha value is -0.200. The van der Waals surface area contributed by atoms with Crippen molar-refractivity contribution < 1.29 is 9.84 Å². The van der Waals surface area contributed by atoms with Crippen LogP contribution in [0.5, 0.6) is 0 Å². The van der Waals surface area contributed by atoms with Gasteiger partial charge in [-0.2, -0.15) is 0 Å². The highest BCUT2D eigenvalue weighted by molar-refractivity contribution is 5.08. The second-order valence-corrected chi connectivity index (χ2v) is 8.45. The molecule has 132 valence electrons. The highest BCUT2D eigenvalue weighted by Gasteiger charge is 2.53. The third kappa shape index (κ3) is 2.74. The first-order chi connectivity index (χ1) is 11.2. The molecule has 5 heteroatoms. The maximum Gasteiger partial charge on any atom is 0.0804 e. The molecule has 0 amide bonds. The van der Waals surface area contributed by atoms with Gasteiger partial charge in [0.15, 0.2) is 0 Å². The summed E-state index contributed by atoms with van der Waals surface area (Å²) >= 11 is 0. The van der Waals surface area contributed by atoms with Crippen molar-refractivity contribution >= 4 is 0 Å². The second-order valence-electron chi connectivity index (χ2n) is 8.45. The Balaban J connectivity index is 1.38. The van der Waals surface area contributed by atoms with E-state index >= 15 is 0 Å². The van der Waals surface area contributed by atoms with Gasteiger partial charge in [0.05, 0.1) is 25.4 Å². The fourth-order valence-corrected chi connectivity index (χ4v) is 5.31. The van der Waals surface area contributed by atoms with Gasteiger partial charge in [-0.25, -0.2) is 0 Å². The number of ether oxygens (including phenoxy) is 1. The second kappa shape index (κ2) is 6.26. The molecule has 3 aliphatic heterocycles. The summed E-state index contributed by atoms with van der Waals surface area (Å²) in [7, 11) is 2.21. The van der Waals surface area contributed by atoms with Gasteiger partial charge in [-0.15, -0.1) is 0 Å². The van der Waals surface area contributed by atoms with Gasteiger partial charge in [-0.3, -0.25) is 4.90 Å². The quantitative estimate of drug-likeness (QED) is 0.802. The predicted molar refractivity (Wildman–Crippen MR) is 90.6 cm³/mol. The fraction of sp³-hybridized carbons (Fsp3) is 1.00. The van der Waals surface area contributed by atoms with Crippen LogP contribution in [-0.2, 0) is 4.74 Å². The number of fused-ring (bicyclic) bond motifs is 1. The summed E-state index contributed by atoms with van der Waals surface area (Å²) in [5.41, 5.74) is -0.0526. The number of morpholine rings is 1. The van der Waals surface area contributed by atoms with E-state index in [0.29, 0.717) is 12.6 Å². The lowest BCUT2D eigenvalue weighted by atomic mass is 9.72. The number of nitrogens with one attached hydrogen (secondary N) is 1. The molecule has 0 aromatic carbocycles. The molecule has 3 heterocycles. The van der Waals surface area contributed by atoms with Gasteiger partial charge in [-0.1, -0.05) is 0 Å². The number of hydrogen-bond donors (Lipinski definition) is 2. The molecule has 3 saturated heterocycles. The van der Waals surface area contributed by atoms with Crippen LogP contribution in [0, 0.1) is 0 Å². The molecule has 1 aliphatic carbocycles. The summed E-state index contributed by atoms with van der Waals surface area (Å²) in [6, 6.07) is 1.40. The fourth-order valence-electron chi connectivity index (χ4n) is 5.31. The number of rotatable bonds is 4. The van der Waals surface area contributed by atoms with Crippen LogP contribution in [0.1, 0.15) is 44.9 Å². The molecule has 1 spiro atoms. The van der Waals surface area contributed by atoms with Crippen molar-refractivity contribution in [2.24, 2.45) is 0 Å². The Kier molecular flexibility index (Phi) is 4.43. The minimum Gasteiger partial charge on any atom is -0.394 e. The summed E-state index contributed by atoms with van der Waals surface area (Å²) in [5, 5.41) is 14.0. The lowest BCUT2D eigenvalue weighted by Gasteiger charge is -2.59. The Bertz CT molecular complexity index is 428. The first kappa shape index (κ1) is 16.3. The van der Waals surface area contributed by atoms with E-state index < -0.39 is 0 Å². The van der Waals surface area contributed by atoms with Crippen LogP contribution >= 0.6 is 0 Å². The third-order valence-electron chi connectivity index (χ3n) is 7.28. The van der Waals surface area contributed by atoms with Crippen LogP contribution in [0.4, 0.5) is 0 Å². The van der Waals surface area contributed by atoms with Crippen LogP contribution in [0.25, 0.3) is 0 Å². The van der Waals surface area contributed by atoms with Crippen molar-refractivity contribution in [3.63, 3.8) is 0 Å². The first-order valence-electron chi connectivity index (χ1n) is 9.58. The molecule has 4 aliphatic rings. The van der Waals surface area contributed by atoms with E-state index in [9.17, 15) is 5.11 Å². The highest BCUT2D eigenvalue weighted by atomic mass is 16.5. The molecular weight excluding hydrogens is 290 g/mol. The monoisotopic (exact) mass is 323 g/mol. The van der Waals surface area contributed by atoms with Crippen LogP contribution in [0.15, 0.2) is 0 Å². The van der Waals surface area contributed by atoms with E-state index in [1.54, 1.807) is 0 Å². The molecule has 5 nitrogen and oxygen atoms in total. The average Bonchev–Trinajstić information content (AvgIpc) is 3.00. The van der Waals surface area contributed by atoms with Gasteiger partial charge in [0, 0.05) is 24.2 Å². The Morgan fingerprint density at radius 1 is 1.17 bits per heavy atom. The Labute approximate surface area is 140 Å². The third-order valence-corrected chi connectivity index (χ3v) is 7.28. The van der Waals surface area contributed by atoms with Crippen molar-refractivity contribution in [1.82, 2.24) is 15.1 Å². The number of likely N-dealkylation sites (N-methyl/N-ethyl adjacent to an activating group) is 1. The molecule has 3 unspecified atom stereocenters. The van der Waals surface area contributed by atoms with E-state index in [0.717, 1.165) is 19.2 Å². The Morgan fingerprint density at radius 3 is 2.78 bits per heavy atom. The van der Waals surface area contributed by atoms with Crippen LogP contribution < -0.4 is 5.32 Å². The first-order valence-corrected chi connectivity index (χ1v) is 9.58. The summed E-state index contributed by atoms with van der Waals surface area (Å²) < 4.78 is 5.96. The minimum absolute atomic E-state index is 0.181. The number of piperidine rings is 1. The molecule has 1 saturated carbocycles. The lowest BCUT2D eigenvalue weighted by molar-refractivity contribution is -0.180. The molecule has 23 heavy (non-hydrogen) atoms. The van der Waals surface area contributed by atoms with Crippen molar-refractivity contribution in [2.75, 3.05) is 46.5 Å². The van der Waals surface area contributed by atoms with Crippen LogP contribution in [0.3, 0.4) is 0 Å². The van der Waals surface area contributed by atoms with Crippen LogP contribution in [-0.4, -0.2) is 84.6 Å². The topological polar surface area (TPSA) is 48.0 Å². The molecule has 0 aromatic rings. The molecule has 4 fully saturated rings.